The minimum atomic E-state index is -0.709. The summed E-state index contributed by atoms with van der Waals surface area (Å²) < 4.78 is 22.5. The lowest BCUT2D eigenvalue weighted by atomic mass is 9.86. The van der Waals surface area contributed by atoms with E-state index >= 15 is 0 Å². The first-order valence-corrected chi connectivity index (χ1v) is 10.8. The number of aromatic nitrogens is 1. The van der Waals surface area contributed by atoms with Gasteiger partial charge < -0.3 is 14.2 Å². The third-order valence-electron chi connectivity index (χ3n) is 6.10. The maximum Gasteiger partial charge on any atom is 0.163 e. The minimum Gasteiger partial charge on any atom is -0.371 e. The van der Waals surface area contributed by atoms with Gasteiger partial charge in [-0.15, -0.1) is 0 Å². The monoisotopic (exact) mass is 422 g/mol. The lowest BCUT2D eigenvalue weighted by molar-refractivity contribution is -0.138. The molecule has 4 rings (SSSR count). The predicted molar refractivity (Wildman–Crippen MR) is 124 cm³/mol. The number of nitrogens with zero attached hydrogens (tertiary/aromatic N) is 2. The van der Waals surface area contributed by atoms with E-state index in [2.05, 4.69) is 36.4 Å². The van der Waals surface area contributed by atoms with E-state index in [0.717, 1.165) is 46.4 Å². The lowest BCUT2D eigenvalue weighted by Crippen LogP contribution is -2.31. The number of Topliss-reactive ketones (excluding diaryl/α,β-unsaturated/α-hetero) is 1. The Labute approximate surface area is 183 Å². The van der Waals surface area contributed by atoms with Crippen LogP contribution in [0.5, 0.6) is 0 Å². The van der Waals surface area contributed by atoms with Crippen LogP contribution in [0.3, 0.4) is 0 Å². The molecule has 164 valence electrons. The second-order valence-electron chi connectivity index (χ2n) is 9.61. The van der Waals surface area contributed by atoms with Crippen LogP contribution < -0.4 is 4.90 Å². The predicted octanol–water partition coefficient (Wildman–Crippen LogP) is 5.96. The highest BCUT2D eigenvalue weighted by Crippen LogP contribution is 2.47. The molecule has 0 saturated heterocycles. The average Bonchev–Trinajstić information content (AvgIpc) is 3.00. The van der Waals surface area contributed by atoms with Crippen molar-refractivity contribution >= 4 is 22.4 Å². The van der Waals surface area contributed by atoms with Crippen LogP contribution in [0.15, 0.2) is 30.3 Å². The number of carbonyl (C=O) groups is 1. The fourth-order valence-corrected chi connectivity index (χ4v) is 4.83. The van der Waals surface area contributed by atoms with Gasteiger partial charge in [-0.3, -0.25) is 4.79 Å². The average molecular weight is 423 g/mol. The Hall–Kier alpha value is -2.66. The van der Waals surface area contributed by atoms with Crippen molar-refractivity contribution in [3.05, 3.63) is 53.0 Å². The molecular weight excluding hydrogens is 391 g/mol. The number of aryl methyl sites for hydroxylation is 1. The van der Waals surface area contributed by atoms with Gasteiger partial charge in [-0.05, 0) is 76.4 Å². The van der Waals surface area contributed by atoms with Crippen LogP contribution in [0, 0.1) is 19.7 Å². The summed E-state index contributed by atoms with van der Waals surface area (Å²) in [6.07, 6.45) is -0.709. The van der Waals surface area contributed by atoms with Gasteiger partial charge in [0.1, 0.15) is 11.9 Å². The van der Waals surface area contributed by atoms with Crippen molar-refractivity contribution in [2.24, 2.45) is 0 Å². The Morgan fingerprint density at radius 1 is 1.13 bits per heavy atom. The Morgan fingerprint density at radius 3 is 2.35 bits per heavy atom. The highest BCUT2D eigenvalue weighted by Gasteiger charge is 2.33. The molecule has 3 aromatic rings. The van der Waals surface area contributed by atoms with E-state index in [1.807, 2.05) is 20.8 Å². The SMILES string of the molecule is CC(=O)[C@@H](OC(C)(C)C)c1c(C)c2c3c(cc(C)n3CCN2C)c1-c1ccc(F)cc1. The van der Waals surface area contributed by atoms with Gasteiger partial charge in [0.05, 0.1) is 16.8 Å². The van der Waals surface area contributed by atoms with Gasteiger partial charge in [-0.1, -0.05) is 12.1 Å². The molecule has 0 amide bonds. The van der Waals surface area contributed by atoms with E-state index in [1.165, 1.54) is 23.3 Å². The van der Waals surface area contributed by atoms with Crippen LogP contribution in [0.2, 0.25) is 0 Å². The molecule has 4 nitrogen and oxygen atoms in total. The van der Waals surface area contributed by atoms with Crippen molar-refractivity contribution in [2.45, 2.75) is 59.8 Å². The van der Waals surface area contributed by atoms with Crippen molar-refractivity contribution in [3.8, 4) is 11.1 Å². The van der Waals surface area contributed by atoms with Crippen LogP contribution in [0.4, 0.5) is 10.1 Å². The highest BCUT2D eigenvalue weighted by molar-refractivity contribution is 6.07. The first kappa shape index (κ1) is 21.6. The first-order valence-electron chi connectivity index (χ1n) is 10.8. The Balaban J connectivity index is 2.16. The summed E-state index contributed by atoms with van der Waals surface area (Å²) >= 11 is 0. The third kappa shape index (κ3) is 3.65. The smallest absolute Gasteiger partial charge is 0.163 e. The third-order valence-corrected chi connectivity index (χ3v) is 6.10. The van der Waals surface area contributed by atoms with E-state index in [4.69, 9.17) is 4.74 Å². The van der Waals surface area contributed by atoms with Gasteiger partial charge in [-0.2, -0.15) is 0 Å². The van der Waals surface area contributed by atoms with Gasteiger partial charge in [0.15, 0.2) is 5.78 Å². The first-order chi connectivity index (χ1) is 14.5. The summed E-state index contributed by atoms with van der Waals surface area (Å²) in [5.74, 6) is -0.318. The molecule has 31 heavy (non-hydrogen) atoms. The Kier molecular flexibility index (Phi) is 5.21. The van der Waals surface area contributed by atoms with Crippen LogP contribution in [-0.4, -0.2) is 29.5 Å². The molecular formula is C26H31FN2O2. The van der Waals surface area contributed by atoms with E-state index in [1.54, 1.807) is 19.1 Å². The van der Waals surface area contributed by atoms with Gasteiger partial charge in [0.2, 0.25) is 0 Å². The molecule has 2 heterocycles. The molecule has 1 aliphatic heterocycles. The van der Waals surface area contributed by atoms with E-state index < -0.39 is 11.7 Å². The molecule has 0 radical (unpaired) electrons. The van der Waals surface area contributed by atoms with Crippen LogP contribution >= 0.6 is 0 Å². The van der Waals surface area contributed by atoms with Gasteiger partial charge in [0, 0.05) is 36.8 Å². The van der Waals surface area contributed by atoms with Crippen molar-refractivity contribution < 1.29 is 13.9 Å². The lowest BCUT2D eigenvalue weighted by Gasteiger charge is -2.34. The fourth-order valence-electron chi connectivity index (χ4n) is 4.83. The molecule has 5 heteroatoms. The molecule has 0 fully saturated rings. The minimum absolute atomic E-state index is 0.0393. The molecule has 0 aliphatic carbocycles. The summed E-state index contributed by atoms with van der Waals surface area (Å²) in [6.45, 7) is 13.5. The van der Waals surface area contributed by atoms with Gasteiger partial charge in [0.25, 0.3) is 0 Å². The molecule has 1 aliphatic rings. The molecule has 2 aromatic carbocycles. The van der Waals surface area contributed by atoms with Crippen molar-refractivity contribution in [3.63, 3.8) is 0 Å². The van der Waals surface area contributed by atoms with Crippen molar-refractivity contribution in [1.82, 2.24) is 4.57 Å². The van der Waals surface area contributed by atoms with Crippen molar-refractivity contribution in [2.75, 3.05) is 18.5 Å². The quantitative estimate of drug-likeness (QED) is 0.520. The second-order valence-corrected chi connectivity index (χ2v) is 9.61. The van der Waals surface area contributed by atoms with E-state index in [0.29, 0.717) is 0 Å². The number of benzene rings is 2. The number of likely N-dealkylation sites (N-methyl/N-ethyl adjacent to an activating group) is 1. The summed E-state index contributed by atoms with van der Waals surface area (Å²) in [4.78, 5) is 15.2. The van der Waals surface area contributed by atoms with E-state index in [9.17, 15) is 9.18 Å². The van der Waals surface area contributed by atoms with Crippen LogP contribution in [0.1, 0.15) is 50.6 Å². The van der Waals surface area contributed by atoms with Gasteiger partial charge >= 0.3 is 0 Å². The normalized spacial score (nSPS) is 14.9. The number of ketones is 1. The second kappa shape index (κ2) is 7.49. The molecule has 0 unspecified atom stereocenters. The summed E-state index contributed by atoms with van der Waals surface area (Å²) in [5, 5.41) is 1.08. The van der Waals surface area contributed by atoms with Gasteiger partial charge in [-0.25, -0.2) is 4.39 Å². The topological polar surface area (TPSA) is 34.5 Å². The molecule has 0 N–H and O–H groups in total. The zero-order valence-electron chi connectivity index (χ0n) is 19.5. The van der Waals surface area contributed by atoms with E-state index in [-0.39, 0.29) is 11.6 Å². The summed E-state index contributed by atoms with van der Waals surface area (Å²) in [7, 11) is 2.10. The number of halogens is 1. The summed E-state index contributed by atoms with van der Waals surface area (Å²) in [5.41, 5.74) is 6.76. The van der Waals surface area contributed by atoms with Crippen molar-refractivity contribution in [1.29, 1.82) is 0 Å². The Bertz CT molecular complexity index is 1170. The zero-order valence-corrected chi connectivity index (χ0v) is 19.5. The number of ether oxygens (including phenoxy) is 1. The maximum atomic E-state index is 13.8. The fraction of sp³-hybridized carbons (Fsp3) is 0.423. The number of carbonyl (C=O) groups excluding carboxylic acids is 1. The molecule has 1 aromatic heterocycles. The van der Waals surface area contributed by atoms with Crippen LogP contribution in [0.25, 0.3) is 22.0 Å². The number of anilines is 1. The molecule has 0 saturated carbocycles. The summed E-state index contributed by atoms with van der Waals surface area (Å²) in [6, 6.07) is 8.73. The maximum absolute atomic E-state index is 13.8. The largest absolute Gasteiger partial charge is 0.371 e. The number of hydrogen-bond donors (Lipinski definition) is 0. The molecule has 1 atom stereocenters. The standard InChI is InChI=1S/C26H31FN2O2/c1-15-14-20-22(18-8-10-19(27)11-9-18)21(25(17(3)30)31-26(4,5)6)16(2)23-24(20)29(15)13-12-28(23)7/h8-11,14,25H,12-13H2,1-7H3/t25-/m1/s1. The molecule has 0 spiro atoms. The highest BCUT2D eigenvalue weighted by atomic mass is 19.1. The zero-order chi connectivity index (χ0) is 22.7. The molecule has 0 bridgehead atoms. The number of hydrogen-bond acceptors (Lipinski definition) is 3. The number of rotatable bonds is 4. The Morgan fingerprint density at radius 2 is 1.77 bits per heavy atom. The van der Waals surface area contributed by atoms with Crippen LogP contribution in [-0.2, 0) is 16.1 Å².